The minimum Gasteiger partial charge on any atom is -0.458 e. The highest BCUT2D eigenvalue weighted by molar-refractivity contribution is 9.10. The molecule has 0 amide bonds. The summed E-state index contributed by atoms with van der Waals surface area (Å²) in [5.41, 5.74) is 0.445. The molecule has 0 saturated heterocycles. The lowest BCUT2D eigenvalue weighted by atomic mass is 10.4. The Morgan fingerprint density at radius 3 is 2.69 bits per heavy atom. The Balaban J connectivity index is 2.82. The summed E-state index contributed by atoms with van der Waals surface area (Å²) in [7, 11) is 1.70. The van der Waals surface area contributed by atoms with E-state index in [1.807, 2.05) is 13.8 Å². The van der Waals surface area contributed by atoms with Gasteiger partial charge in [0.25, 0.3) is 0 Å². The van der Waals surface area contributed by atoms with Crippen LogP contribution in [0.5, 0.6) is 0 Å². The molecule has 0 radical (unpaired) electrons. The maximum atomic E-state index is 11.4. The second-order valence-electron chi connectivity index (χ2n) is 2.93. The zero-order chi connectivity index (χ0) is 10.0. The third kappa shape index (κ3) is 2.55. The van der Waals surface area contributed by atoms with Crippen molar-refractivity contribution in [1.29, 1.82) is 0 Å². The van der Waals surface area contributed by atoms with Crippen molar-refractivity contribution in [2.45, 2.75) is 20.0 Å². The number of aryl methyl sites for hydroxylation is 1. The van der Waals surface area contributed by atoms with E-state index >= 15 is 0 Å². The highest BCUT2D eigenvalue weighted by Crippen LogP contribution is 2.11. The van der Waals surface area contributed by atoms with E-state index in [-0.39, 0.29) is 12.1 Å². The fourth-order valence-corrected chi connectivity index (χ4v) is 1.35. The second-order valence-corrected chi connectivity index (χ2v) is 3.74. The van der Waals surface area contributed by atoms with E-state index < -0.39 is 0 Å². The van der Waals surface area contributed by atoms with Crippen LogP contribution in [0.25, 0.3) is 0 Å². The maximum Gasteiger partial charge on any atom is 0.356 e. The molecule has 0 fully saturated rings. The average molecular weight is 247 g/mol. The predicted octanol–water partition coefficient (Wildman–Crippen LogP) is 1.75. The maximum absolute atomic E-state index is 11.4. The smallest absolute Gasteiger partial charge is 0.356 e. The van der Waals surface area contributed by atoms with Crippen LogP contribution < -0.4 is 0 Å². The molecule has 0 aliphatic carbocycles. The van der Waals surface area contributed by atoms with E-state index in [4.69, 9.17) is 4.74 Å². The molecule has 0 spiro atoms. The minimum absolute atomic E-state index is 0.110. The Hall–Kier alpha value is -0.840. The summed E-state index contributed by atoms with van der Waals surface area (Å²) in [5, 5.41) is 3.97. The SMILES string of the molecule is CC(C)OC(=O)c1cc(Br)nn1C. The Bertz CT molecular complexity index is 320. The summed E-state index contributed by atoms with van der Waals surface area (Å²) < 4.78 is 7.12. The van der Waals surface area contributed by atoms with Gasteiger partial charge in [-0.1, -0.05) is 0 Å². The number of rotatable bonds is 2. The molecule has 0 atom stereocenters. The molecule has 13 heavy (non-hydrogen) atoms. The van der Waals surface area contributed by atoms with Crippen LogP contribution in [-0.4, -0.2) is 21.9 Å². The summed E-state index contributed by atoms with van der Waals surface area (Å²) in [6, 6.07) is 1.63. The van der Waals surface area contributed by atoms with Crippen molar-refractivity contribution in [3.05, 3.63) is 16.4 Å². The molecule has 0 bridgehead atoms. The monoisotopic (exact) mass is 246 g/mol. The third-order valence-electron chi connectivity index (χ3n) is 1.40. The van der Waals surface area contributed by atoms with E-state index in [1.54, 1.807) is 13.1 Å². The van der Waals surface area contributed by atoms with Gasteiger partial charge in [-0.3, -0.25) is 4.68 Å². The molecule has 1 aromatic heterocycles. The third-order valence-corrected chi connectivity index (χ3v) is 1.79. The van der Waals surface area contributed by atoms with Gasteiger partial charge in [0, 0.05) is 13.1 Å². The molecule has 4 nitrogen and oxygen atoms in total. The first-order chi connectivity index (χ1) is 6.00. The van der Waals surface area contributed by atoms with Gasteiger partial charge in [-0.25, -0.2) is 4.79 Å². The molecule has 0 aliphatic rings. The van der Waals surface area contributed by atoms with Crippen molar-refractivity contribution in [2.75, 3.05) is 0 Å². The number of nitrogens with zero attached hydrogens (tertiary/aromatic N) is 2. The number of hydrogen-bond acceptors (Lipinski definition) is 3. The van der Waals surface area contributed by atoms with Crippen LogP contribution in [0.1, 0.15) is 24.3 Å². The zero-order valence-electron chi connectivity index (χ0n) is 7.74. The molecular formula is C8H11BrN2O2. The fraction of sp³-hybridized carbons (Fsp3) is 0.500. The molecule has 1 aromatic rings. The van der Waals surface area contributed by atoms with Crippen molar-refractivity contribution in [1.82, 2.24) is 9.78 Å². The second kappa shape index (κ2) is 3.91. The lowest BCUT2D eigenvalue weighted by molar-refractivity contribution is 0.0365. The first-order valence-corrected chi connectivity index (χ1v) is 4.70. The van der Waals surface area contributed by atoms with Gasteiger partial charge >= 0.3 is 5.97 Å². The van der Waals surface area contributed by atoms with Crippen molar-refractivity contribution in [3.63, 3.8) is 0 Å². The molecule has 72 valence electrons. The van der Waals surface area contributed by atoms with Gasteiger partial charge in [-0.2, -0.15) is 5.10 Å². The average Bonchev–Trinajstić information content (AvgIpc) is 2.28. The van der Waals surface area contributed by atoms with Gasteiger partial charge in [0.15, 0.2) is 0 Å². The predicted molar refractivity (Wildman–Crippen MR) is 51.5 cm³/mol. The van der Waals surface area contributed by atoms with Gasteiger partial charge in [0.2, 0.25) is 0 Å². The molecular weight excluding hydrogens is 236 g/mol. The standard InChI is InChI=1S/C8H11BrN2O2/c1-5(2)13-8(12)6-4-7(9)10-11(6)3/h4-5H,1-3H3. The van der Waals surface area contributed by atoms with E-state index in [0.717, 1.165) is 0 Å². The molecule has 1 rings (SSSR count). The van der Waals surface area contributed by atoms with Crippen LogP contribution in [0.15, 0.2) is 10.7 Å². The van der Waals surface area contributed by atoms with Gasteiger partial charge in [-0.15, -0.1) is 0 Å². The van der Waals surface area contributed by atoms with E-state index in [0.29, 0.717) is 10.3 Å². The van der Waals surface area contributed by atoms with Gasteiger partial charge in [-0.05, 0) is 29.8 Å². The number of halogens is 1. The van der Waals surface area contributed by atoms with Crippen molar-refractivity contribution in [2.24, 2.45) is 7.05 Å². The minimum atomic E-state index is -0.351. The summed E-state index contributed by atoms with van der Waals surface area (Å²) in [6.07, 6.45) is -0.110. The highest BCUT2D eigenvalue weighted by atomic mass is 79.9. The van der Waals surface area contributed by atoms with Gasteiger partial charge in [0.1, 0.15) is 10.3 Å². The Morgan fingerprint density at radius 2 is 2.31 bits per heavy atom. The molecule has 0 aromatic carbocycles. The number of carbonyl (C=O) groups excluding carboxylic acids is 1. The van der Waals surface area contributed by atoms with E-state index in [1.165, 1.54) is 4.68 Å². The highest BCUT2D eigenvalue weighted by Gasteiger charge is 2.14. The Labute approximate surface area is 85.0 Å². The first-order valence-electron chi connectivity index (χ1n) is 3.91. The van der Waals surface area contributed by atoms with Crippen LogP contribution >= 0.6 is 15.9 Å². The summed E-state index contributed by atoms with van der Waals surface area (Å²) >= 11 is 3.18. The van der Waals surface area contributed by atoms with Crippen molar-refractivity contribution in [3.8, 4) is 0 Å². The first kappa shape index (κ1) is 10.2. The number of esters is 1. The van der Waals surface area contributed by atoms with Gasteiger partial charge < -0.3 is 4.74 Å². The Morgan fingerprint density at radius 1 is 1.69 bits per heavy atom. The van der Waals surface area contributed by atoms with Crippen LogP contribution in [0.4, 0.5) is 0 Å². The van der Waals surface area contributed by atoms with Gasteiger partial charge in [0.05, 0.1) is 6.10 Å². The molecule has 0 aliphatic heterocycles. The van der Waals surface area contributed by atoms with Crippen LogP contribution in [-0.2, 0) is 11.8 Å². The summed E-state index contributed by atoms with van der Waals surface area (Å²) in [5.74, 6) is -0.351. The lowest BCUT2D eigenvalue weighted by Gasteiger charge is -2.06. The number of hydrogen-bond donors (Lipinski definition) is 0. The summed E-state index contributed by atoms with van der Waals surface area (Å²) in [4.78, 5) is 11.4. The summed E-state index contributed by atoms with van der Waals surface area (Å²) in [6.45, 7) is 3.62. The van der Waals surface area contributed by atoms with E-state index in [9.17, 15) is 4.79 Å². The van der Waals surface area contributed by atoms with Crippen molar-refractivity contribution < 1.29 is 9.53 Å². The molecule has 1 heterocycles. The lowest BCUT2D eigenvalue weighted by Crippen LogP contribution is -2.15. The largest absolute Gasteiger partial charge is 0.458 e. The molecule has 0 unspecified atom stereocenters. The molecule has 0 saturated carbocycles. The number of aromatic nitrogens is 2. The van der Waals surface area contributed by atoms with Crippen LogP contribution in [0, 0.1) is 0 Å². The van der Waals surface area contributed by atoms with Crippen LogP contribution in [0.2, 0.25) is 0 Å². The quantitative estimate of drug-likeness (QED) is 0.748. The number of ether oxygens (including phenoxy) is 1. The van der Waals surface area contributed by atoms with Crippen LogP contribution in [0.3, 0.4) is 0 Å². The number of carbonyl (C=O) groups is 1. The fourth-order valence-electron chi connectivity index (χ4n) is 0.898. The van der Waals surface area contributed by atoms with Crippen molar-refractivity contribution >= 4 is 21.9 Å². The van der Waals surface area contributed by atoms with E-state index in [2.05, 4.69) is 21.0 Å². The zero-order valence-corrected chi connectivity index (χ0v) is 9.33. The Kier molecular flexibility index (Phi) is 3.08. The topological polar surface area (TPSA) is 44.1 Å². The normalized spacial score (nSPS) is 10.5. The molecule has 0 N–H and O–H groups in total. The molecule has 5 heteroatoms.